The van der Waals surface area contributed by atoms with E-state index in [-0.39, 0.29) is 50.2 Å². The molecule has 0 saturated carbocycles. The Morgan fingerprint density at radius 3 is 2.33 bits per heavy atom. The third-order valence-electron chi connectivity index (χ3n) is 6.48. The first-order valence-corrected chi connectivity index (χ1v) is 16.3. The van der Waals surface area contributed by atoms with Crippen LogP contribution in [0.25, 0.3) is 17.3 Å². The van der Waals surface area contributed by atoms with Gasteiger partial charge in [0.1, 0.15) is 25.1 Å². The number of hydrogen-bond donors (Lipinski definition) is 2. The third kappa shape index (κ3) is 13.7. The highest BCUT2D eigenvalue weighted by Gasteiger charge is 2.23. The number of carbonyl (C=O) groups is 1. The van der Waals surface area contributed by atoms with E-state index in [1.165, 1.54) is 43.5 Å². The van der Waals surface area contributed by atoms with E-state index in [1.807, 2.05) is 13.8 Å². The number of esters is 1. The molecular weight excluding hydrogens is 665 g/mol. The van der Waals surface area contributed by atoms with Crippen molar-refractivity contribution in [2.24, 2.45) is 0 Å². The number of nitrogens with zero attached hydrogens (tertiary/aromatic N) is 5. The zero-order valence-electron chi connectivity index (χ0n) is 26.6. The molecule has 1 aromatic heterocycles. The van der Waals surface area contributed by atoms with E-state index in [0.29, 0.717) is 16.8 Å². The Hall–Kier alpha value is -4.53. The van der Waals surface area contributed by atoms with Crippen LogP contribution in [0.5, 0.6) is 0 Å². The van der Waals surface area contributed by atoms with Crippen molar-refractivity contribution in [1.29, 1.82) is 0 Å². The number of benzene rings is 1. The highest BCUT2D eigenvalue weighted by molar-refractivity contribution is 7.92. The summed E-state index contributed by atoms with van der Waals surface area (Å²) in [5.74, 6) is -1.81. The van der Waals surface area contributed by atoms with Crippen LogP contribution in [0.3, 0.4) is 0 Å². The molecule has 2 unspecified atom stereocenters. The van der Waals surface area contributed by atoms with Crippen LogP contribution in [-0.4, -0.2) is 103 Å². The van der Waals surface area contributed by atoms with Crippen LogP contribution >= 0.6 is 0 Å². The molecule has 0 bridgehead atoms. The summed E-state index contributed by atoms with van der Waals surface area (Å²) in [4.78, 5) is 50.5. The van der Waals surface area contributed by atoms with Crippen molar-refractivity contribution in [2.45, 2.75) is 57.3 Å². The Morgan fingerprint density at radius 1 is 1.08 bits per heavy atom. The maximum absolute atomic E-state index is 13.7. The van der Waals surface area contributed by atoms with Gasteiger partial charge in [-0.1, -0.05) is 26.0 Å². The van der Waals surface area contributed by atoms with E-state index >= 15 is 0 Å². The van der Waals surface area contributed by atoms with E-state index in [0.717, 1.165) is 10.6 Å². The molecule has 1 heterocycles. The minimum atomic E-state index is -3.73. The van der Waals surface area contributed by atoms with Crippen molar-refractivity contribution in [3.05, 3.63) is 67.6 Å². The first kappa shape index (κ1) is 39.6. The van der Waals surface area contributed by atoms with Gasteiger partial charge in [-0.25, -0.2) is 27.1 Å². The van der Waals surface area contributed by atoms with E-state index in [1.54, 1.807) is 0 Å². The average Bonchev–Trinajstić information content (AvgIpc) is 2.99. The van der Waals surface area contributed by atoms with E-state index in [9.17, 15) is 48.0 Å². The number of rotatable bonds is 21. The molecule has 0 aliphatic carbocycles. The second-order valence-corrected chi connectivity index (χ2v) is 12.7. The lowest BCUT2D eigenvalue weighted by molar-refractivity contribution is -0.769. The van der Waals surface area contributed by atoms with Crippen LogP contribution in [0.15, 0.2) is 30.3 Å². The summed E-state index contributed by atoms with van der Waals surface area (Å²) < 4.78 is 49.1. The molecule has 2 rings (SSSR count). The summed E-state index contributed by atoms with van der Waals surface area (Å²) in [6.45, 7) is 2.43. The maximum atomic E-state index is 13.7. The molecule has 2 N–H and O–H groups in total. The van der Waals surface area contributed by atoms with Gasteiger partial charge in [-0.3, -0.25) is 4.79 Å². The van der Waals surface area contributed by atoms with Crippen molar-refractivity contribution in [1.82, 2.24) is 9.97 Å². The van der Waals surface area contributed by atoms with E-state index in [2.05, 4.69) is 19.6 Å². The van der Waals surface area contributed by atoms with Crippen LogP contribution in [0.2, 0.25) is 0 Å². The highest BCUT2D eigenvalue weighted by atomic mass is 32.2. The SMILES string of the molecule is CC(C)c1nc(N(C)S(C)(=O)=O)nc(-c2ccc(F)cc2)c1/C=C/[C@@H](O)CC(O)CC(=O)OCC(CCOCCO[N+](=O)[O-])O[N+](=O)[O-]. The first-order valence-electron chi connectivity index (χ1n) is 14.5. The van der Waals surface area contributed by atoms with Gasteiger partial charge in [0.05, 0.1) is 42.9 Å². The van der Waals surface area contributed by atoms with Crippen LogP contribution in [0.1, 0.15) is 50.3 Å². The molecule has 0 aliphatic heterocycles. The quantitative estimate of drug-likeness (QED) is 0.0818. The van der Waals surface area contributed by atoms with Crippen molar-refractivity contribution >= 4 is 28.0 Å². The molecule has 48 heavy (non-hydrogen) atoms. The van der Waals surface area contributed by atoms with Gasteiger partial charge in [-0.15, -0.1) is 20.2 Å². The summed E-state index contributed by atoms with van der Waals surface area (Å²) in [6, 6.07) is 5.33. The zero-order chi connectivity index (χ0) is 36.0. The third-order valence-corrected chi connectivity index (χ3v) is 7.64. The van der Waals surface area contributed by atoms with Gasteiger partial charge in [0.25, 0.3) is 10.2 Å². The van der Waals surface area contributed by atoms with Gasteiger partial charge in [0.2, 0.25) is 16.0 Å². The smallest absolute Gasteiger partial charge is 0.308 e. The van der Waals surface area contributed by atoms with E-state index in [4.69, 9.17) is 9.47 Å². The van der Waals surface area contributed by atoms with Crippen molar-refractivity contribution in [2.75, 3.05) is 44.0 Å². The fourth-order valence-electron chi connectivity index (χ4n) is 4.06. The van der Waals surface area contributed by atoms with Crippen LogP contribution < -0.4 is 4.31 Å². The molecule has 0 spiro atoms. The Bertz CT molecular complexity index is 1530. The van der Waals surface area contributed by atoms with Crippen molar-refractivity contribution in [3.8, 4) is 11.3 Å². The molecule has 0 radical (unpaired) electrons. The number of ether oxygens (including phenoxy) is 2. The molecule has 0 amide bonds. The molecular formula is C28H38FN5O13S. The Labute approximate surface area is 275 Å². The minimum Gasteiger partial charge on any atom is -0.463 e. The van der Waals surface area contributed by atoms with Crippen LogP contribution in [0.4, 0.5) is 10.3 Å². The molecule has 1 aromatic carbocycles. The molecule has 266 valence electrons. The number of aliphatic hydroxyl groups is 2. The van der Waals surface area contributed by atoms with Gasteiger partial charge in [-0.2, -0.15) is 0 Å². The number of carbonyl (C=O) groups excluding carboxylic acids is 1. The lowest BCUT2D eigenvalue weighted by atomic mass is 9.97. The number of sulfonamides is 1. The van der Waals surface area contributed by atoms with Gasteiger partial charge < -0.3 is 29.4 Å². The molecule has 0 fully saturated rings. The number of aliphatic hydroxyl groups excluding tert-OH is 2. The predicted molar refractivity (Wildman–Crippen MR) is 166 cm³/mol. The summed E-state index contributed by atoms with van der Waals surface area (Å²) in [7, 11) is -2.44. The molecule has 3 atom stereocenters. The van der Waals surface area contributed by atoms with Gasteiger partial charge in [0.15, 0.2) is 0 Å². The molecule has 2 aromatic rings. The monoisotopic (exact) mass is 703 g/mol. The Kier molecular flexibility index (Phi) is 15.5. The second kappa shape index (κ2) is 18.7. The zero-order valence-corrected chi connectivity index (χ0v) is 27.4. The topological polar surface area (TPSA) is 244 Å². The largest absolute Gasteiger partial charge is 0.463 e. The van der Waals surface area contributed by atoms with E-state index < -0.39 is 63.3 Å². The van der Waals surface area contributed by atoms with Crippen LogP contribution in [0, 0.1) is 26.0 Å². The summed E-state index contributed by atoms with van der Waals surface area (Å²) in [6.07, 6.45) is -1.10. The maximum Gasteiger partial charge on any atom is 0.308 e. The Balaban J connectivity index is 2.11. The molecule has 0 aliphatic rings. The number of anilines is 1. The predicted octanol–water partition coefficient (Wildman–Crippen LogP) is 2.05. The first-order chi connectivity index (χ1) is 22.5. The number of halogens is 1. The lowest BCUT2D eigenvalue weighted by Crippen LogP contribution is -2.28. The fourth-order valence-corrected chi connectivity index (χ4v) is 4.44. The molecule has 18 nitrogen and oxygen atoms in total. The lowest BCUT2D eigenvalue weighted by Gasteiger charge is -2.20. The standard InChI is InChI=1S/C28H38FN5O13S/c1-18(2)26-24(27(19-5-7-20(29)8-6-19)31-28(30-26)32(3)48(4,42)43)10-9-21(35)15-22(36)16-25(37)45-17-23(47-34(40)41)11-12-44-13-14-46-33(38)39/h5-10,18,21-23,35-36H,11-17H2,1-4H3/b10-9+/t21-,22?,23?/m1/s1. The average molecular weight is 704 g/mol. The summed E-state index contributed by atoms with van der Waals surface area (Å²) in [5.41, 5.74) is 1.52. The van der Waals surface area contributed by atoms with Gasteiger partial charge in [0, 0.05) is 37.6 Å². The van der Waals surface area contributed by atoms with Crippen molar-refractivity contribution in [3.63, 3.8) is 0 Å². The number of aromatic nitrogens is 2. The van der Waals surface area contributed by atoms with Gasteiger partial charge >= 0.3 is 5.97 Å². The molecule has 20 heteroatoms. The van der Waals surface area contributed by atoms with Gasteiger partial charge in [-0.05, 0) is 30.2 Å². The van der Waals surface area contributed by atoms with Crippen molar-refractivity contribution < 1.29 is 57.1 Å². The summed E-state index contributed by atoms with van der Waals surface area (Å²) >= 11 is 0. The molecule has 0 saturated heterocycles. The Morgan fingerprint density at radius 2 is 1.75 bits per heavy atom. The highest BCUT2D eigenvalue weighted by Crippen LogP contribution is 2.31. The van der Waals surface area contributed by atoms with Crippen LogP contribution in [-0.2, 0) is 34.0 Å². The second-order valence-electron chi connectivity index (χ2n) is 10.7. The summed E-state index contributed by atoms with van der Waals surface area (Å²) in [5, 5.41) is 39.8. The number of hydrogen-bond acceptors (Lipinski definition) is 15. The fraction of sp³-hybridized carbons (Fsp3) is 0.536. The minimum absolute atomic E-state index is 0.105. The normalized spacial score (nSPS) is 13.6.